The molecule has 0 aromatic carbocycles. The third-order valence-corrected chi connectivity index (χ3v) is 2.38. The molecule has 0 aromatic rings. The lowest BCUT2D eigenvalue weighted by Crippen LogP contribution is -2.24. The molecule has 0 bridgehead atoms. The molecule has 0 saturated carbocycles. The predicted octanol–water partition coefficient (Wildman–Crippen LogP) is 0.875. The maximum atomic E-state index is 9.62. The van der Waals surface area contributed by atoms with Crippen LogP contribution in [0.4, 0.5) is 0 Å². The maximum Gasteiger partial charge on any atom is 0.0785 e. The number of aliphatic hydroxyl groups excluding tert-OH is 1. The van der Waals surface area contributed by atoms with E-state index in [1.807, 2.05) is 6.92 Å². The monoisotopic (exact) mass is 155 g/mol. The van der Waals surface area contributed by atoms with Gasteiger partial charge in [0.2, 0.25) is 0 Å². The number of nitrogens with zero attached hydrogens (tertiary/aromatic N) is 1. The smallest absolute Gasteiger partial charge is 0.0785 e. The van der Waals surface area contributed by atoms with Crippen molar-refractivity contribution in [3.05, 3.63) is 12.2 Å². The average molecular weight is 155 g/mol. The number of hydrogen-bond donors (Lipinski definition) is 1. The first-order valence-electron chi connectivity index (χ1n) is 4.13. The molecule has 1 aliphatic rings. The lowest BCUT2D eigenvalue weighted by molar-refractivity contribution is 0.145. The van der Waals surface area contributed by atoms with Crippen LogP contribution in [0.5, 0.6) is 0 Å². The van der Waals surface area contributed by atoms with Gasteiger partial charge in [0.25, 0.3) is 0 Å². The van der Waals surface area contributed by atoms with E-state index in [9.17, 15) is 5.11 Å². The Hall–Kier alpha value is -0.340. The van der Waals surface area contributed by atoms with Gasteiger partial charge in [0.15, 0.2) is 0 Å². The standard InChI is InChI=1S/C9H17NO/c1-7(2)9(11)8-4-5-10(3)6-8/h8-9,11H,1,4-6H2,2-3H3. The molecule has 2 heteroatoms. The third-order valence-electron chi connectivity index (χ3n) is 2.38. The minimum absolute atomic E-state index is 0.292. The normalized spacial score (nSPS) is 28.8. The highest BCUT2D eigenvalue weighted by atomic mass is 16.3. The maximum absolute atomic E-state index is 9.62. The second kappa shape index (κ2) is 3.37. The number of aliphatic hydroxyl groups is 1. The van der Waals surface area contributed by atoms with Gasteiger partial charge in [0.05, 0.1) is 6.10 Å². The minimum Gasteiger partial charge on any atom is -0.388 e. The van der Waals surface area contributed by atoms with E-state index in [1.54, 1.807) is 0 Å². The first-order valence-corrected chi connectivity index (χ1v) is 4.13. The van der Waals surface area contributed by atoms with Crippen LogP contribution in [0.25, 0.3) is 0 Å². The van der Waals surface area contributed by atoms with Crippen molar-refractivity contribution in [1.82, 2.24) is 4.90 Å². The van der Waals surface area contributed by atoms with Gasteiger partial charge in [0, 0.05) is 12.5 Å². The molecule has 2 unspecified atom stereocenters. The molecule has 0 spiro atoms. The second-order valence-corrected chi connectivity index (χ2v) is 3.60. The molecule has 0 aliphatic carbocycles. The van der Waals surface area contributed by atoms with Gasteiger partial charge in [-0.15, -0.1) is 0 Å². The Bertz CT molecular complexity index is 156. The summed E-state index contributed by atoms with van der Waals surface area (Å²) in [5.41, 5.74) is 0.894. The van der Waals surface area contributed by atoms with Crippen LogP contribution in [-0.2, 0) is 0 Å². The summed E-state index contributed by atoms with van der Waals surface area (Å²) in [4.78, 5) is 2.25. The molecule has 2 atom stereocenters. The van der Waals surface area contributed by atoms with Gasteiger partial charge < -0.3 is 10.0 Å². The molecule has 1 N–H and O–H groups in total. The molecule has 1 saturated heterocycles. The van der Waals surface area contributed by atoms with E-state index in [2.05, 4.69) is 18.5 Å². The van der Waals surface area contributed by atoms with Crippen molar-refractivity contribution in [3.8, 4) is 0 Å². The zero-order valence-corrected chi connectivity index (χ0v) is 7.38. The number of rotatable bonds is 2. The van der Waals surface area contributed by atoms with E-state index in [0.29, 0.717) is 5.92 Å². The first kappa shape index (κ1) is 8.75. The Morgan fingerprint density at radius 1 is 1.73 bits per heavy atom. The summed E-state index contributed by atoms with van der Waals surface area (Å²) in [6.45, 7) is 7.76. The van der Waals surface area contributed by atoms with Crippen molar-refractivity contribution in [1.29, 1.82) is 0 Å². The Morgan fingerprint density at radius 2 is 2.36 bits per heavy atom. The lowest BCUT2D eigenvalue weighted by atomic mass is 9.97. The molecule has 2 nitrogen and oxygen atoms in total. The molecule has 11 heavy (non-hydrogen) atoms. The molecule has 0 amide bonds. The summed E-state index contributed by atoms with van der Waals surface area (Å²) in [7, 11) is 2.09. The van der Waals surface area contributed by atoms with E-state index in [1.165, 1.54) is 0 Å². The van der Waals surface area contributed by atoms with Crippen LogP contribution in [-0.4, -0.2) is 36.2 Å². The summed E-state index contributed by atoms with van der Waals surface area (Å²) in [6, 6.07) is 0. The fourth-order valence-corrected chi connectivity index (χ4v) is 1.63. The van der Waals surface area contributed by atoms with Crippen LogP contribution in [0.2, 0.25) is 0 Å². The van der Waals surface area contributed by atoms with Crippen LogP contribution in [0.15, 0.2) is 12.2 Å². The molecular weight excluding hydrogens is 138 g/mol. The van der Waals surface area contributed by atoms with Crippen LogP contribution in [0.1, 0.15) is 13.3 Å². The van der Waals surface area contributed by atoms with Crippen molar-refractivity contribution in [2.24, 2.45) is 5.92 Å². The Morgan fingerprint density at radius 3 is 2.73 bits per heavy atom. The predicted molar refractivity (Wildman–Crippen MR) is 46.4 cm³/mol. The van der Waals surface area contributed by atoms with Crippen molar-refractivity contribution in [3.63, 3.8) is 0 Å². The molecule has 64 valence electrons. The van der Waals surface area contributed by atoms with Gasteiger partial charge in [-0.3, -0.25) is 0 Å². The zero-order chi connectivity index (χ0) is 8.43. The van der Waals surface area contributed by atoms with E-state index in [0.717, 1.165) is 25.1 Å². The summed E-state index contributed by atoms with van der Waals surface area (Å²) < 4.78 is 0. The van der Waals surface area contributed by atoms with Crippen LogP contribution >= 0.6 is 0 Å². The average Bonchev–Trinajstić information content (AvgIpc) is 2.34. The molecule has 1 heterocycles. The van der Waals surface area contributed by atoms with Crippen LogP contribution in [0.3, 0.4) is 0 Å². The molecular formula is C9H17NO. The summed E-state index contributed by atoms with van der Waals surface area (Å²) in [5, 5.41) is 9.62. The second-order valence-electron chi connectivity index (χ2n) is 3.60. The first-order chi connectivity index (χ1) is 5.11. The highest BCUT2D eigenvalue weighted by Gasteiger charge is 2.26. The summed E-state index contributed by atoms with van der Waals surface area (Å²) in [5.74, 6) is 0.414. The lowest BCUT2D eigenvalue weighted by Gasteiger charge is -2.17. The Balaban J connectivity index is 2.43. The van der Waals surface area contributed by atoms with E-state index < -0.39 is 0 Å². The third kappa shape index (κ3) is 2.04. The van der Waals surface area contributed by atoms with Gasteiger partial charge in [-0.1, -0.05) is 12.2 Å². The number of hydrogen-bond acceptors (Lipinski definition) is 2. The van der Waals surface area contributed by atoms with Crippen molar-refractivity contribution >= 4 is 0 Å². The Kier molecular flexibility index (Phi) is 2.68. The van der Waals surface area contributed by atoms with E-state index >= 15 is 0 Å². The van der Waals surface area contributed by atoms with Gasteiger partial charge in [-0.2, -0.15) is 0 Å². The van der Waals surface area contributed by atoms with E-state index in [4.69, 9.17) is 0 Å². The van der Waals surface area contributed by atoms with E-state index in [-0.39, 0.29) is 6.10 Å². The fourth-order valence-electron chi connectivity index (χ4n) is 1.63. The molecule has 1 aliphatic heterocycles. The highest BCUT2D eigenvalue weighted by molar-refractivity contribution is 5.01. The summed E-state index contributed by atoms with van der Waals surface area (Å²) >= 11 is 0. The highest BCUT2D eigenvalue weighted by Crippen LogP contribution is 2.21. The van der Waals surface area contributed by atoms with Gasteiger partial charge in [-0.25, -0.2) is 0 Å². The quantitative estimate of drug-likeness (QED) is 0.598. The van der Waals surface area contributed by atoms with Gasteiger partial charge >= 0.3 is 0 Å². The largest absolute Gasteiger partial charge is 0.388 e. The topological polar surface area (TPSA) is 23.5 Å². The van der Waals surface area contributed by atoms with Crippen LogP contribution < -0.4 is 0 Å². The van der Waals surface area contributed by atoms with Crippen LogP contribution in [0, 0.1) is 5.92 Å². The SMILES string of the molecule is C=C(C)C(O)C1CCN(C)C1. The van der Waals surface area contributed by atoms with Gasteiger partial charge in [-0.05, 0) is 26.9 Å². The number of likely N-dealkylation sites (tertiary alicyclic amines) is 1. The molecule has 1 rings (SSSR count). The molecule has 0 radical (unpaired) electrons. The molecule has 1 fully saturated rings. The van der Waals surface area contributed by atoms with Crippen molar-refractivity contribution in [2.45, 2.75) is 19.4 Å². The molecule has 0 aromatic heterocycles. The summed E-state index contributed by atoms with van der Waals surface area (Å²) in [6.07, 6.45) is 0.810. The fraction of sp³-hybridized carbons (Fsp3) is 0.778. The Labute approximate surface area is 68.5 Å². The minimum atomic E-state index is -0.292. The van der Waals surface area contributed by atoms with Crippen molar-refractivity contribution in [2.75, 3.05) is 20.1 Å². The van der Waals surface area contributed by atoms with Gasteiger partial charge in [0.1, 0.15) is 0 Å². The zero-order valence-electron chi connectivity index (χ0n) is 7.38. The van der Waals surface area contributed by atoms with Crippen molar-refractivity contribution < 1.29 is 5.11 Å².